The number of carboxylic acids is 1. The summed E-state index contributed by atoms with van der Waals surface area (Å²) in [6.45, 7) is 0. The van der Waals surface area contributed by atoms with Gasteiger partial charge in [0.05, 0.1) is 17.3 Å². The number of nitrogens with zero attached hydrogens (tertiary/aromatic N) is 2. The second-order valence-electron chi connectivity index (χ2n) is 2.60. The Morgan fingerprint density at radius 1 is 1.36 bits per heavy atom. The molecule has 0 amide bonds. The molecule has 2 heterocycles. The van der Waals surface area contributed by atoms with Crippen molar-refractivity contribution in [1.82, 2.24) is 10.1 Å². The Morgan fingerprint density at radius 2 is 2.21 bits per heavy atom. The van der Waals surface area contributed by atoms with Gasteiger partial charge in [0.15, 0.2) is 5.76 Å². The van der Waals surface area contributed by atoms with E-state index in [1.165, 1.54) is 24.7 Å². The lowest BCUT2D eigenvalue weighted by Crippen LogP contribution is -1.99. The standard InChI is InChI=1S/C9H6N2O3/c12-9(13)6-1-3-10-5-7(6)8-2-4-11-14-8/h1-5H,(H,12,13). The fraction of sp³-hybridized carbons (Fsp3) is 0. The molecule has 0 aliphatic heterocycles. The Morgan fingerprint density at radius 3 is 2.86 bits per heavy atom. The summed E-state index contributed by atoms with van der Waals surface area (Å²) in [7, 11) is 0. The maximum absolute atomic E-state index is 10.8. The normalized spacial score (nSPS) is 10.0. The van der Waals surface area contributed by atoms with Crippen LogP contribution in [0.1, 0.15) is 10.4 Å². The summed E-state index contributed by atoms with van der Waals surface area (Å²) in [4.78, 5) is 14.7. The predicted octanol–water partition coefficient (Wildman–Crippen LogP) is 1.43. The van der Waals surface area contributed by atoms with Crippen LogP contribution >= 0.6 is 0 Å². The molecule has 0 saturated heterocycles. The van der Waals surface area contributed by atoms with E-state index in [-0.39, 0.29) is 5.56 Å². The van der Waals surface area contributed by atoms with Gasteiger partial charge in [-0.15, -0.1) is 0 Å². The number of hydrogen-bond acceptors (Lipinski definition) is 4. The third-order valence-electron chi connectivity index (χ3n) is 1.75. The van der Waals surface area contributed by atoms with E-state index in [0.29, 0.717) is 11.3 Å². The first-order chi connectivity index (χ1) is 6.79. The topological polar surface area (TPSA) is 76.2 Å². The fourth-order valence-electron chi connectivity index (χ4n) is 1.13. The van der Waals surface area contributed by atoms with Gasteiger partial charge < -0.3 is 9.63 Å². The molecule has 0 bridgehead atoms. The van der Waals surface area contributed by atoms with Crippen LogP contribution in [-0.4, -0.2) is 21.2 Å². The summed E-state index contributed by atoms with van der Waals surface area (Å²) >= 11 is 0. The summed E-state index contributed by atoms with van der Waals surface area (Å²) in [6, 6.07) is 3.00. The van der Waals surface area contributed by atoms with Gasteiger partial charge in [-0.1, -0.05) is 5.16 Å². The van der Waals surface area contributed by atoms with E-state index in [9.17, 15) is 4.79 Å². The molecular weight excluding hydrogens is 184 g/mol. The van der Waals surface area contributed by atoms with Crippen molar-refractivity contribution >= 4 is 5.97 Å². The van der Waals surface area contributed by atoms with Gasteiger partial charge in [-0.25, -0.2) is 4.79 Å². The maximum atomic E-state index is 10.8. The molecule has 0 saturated carbocycles. The highest BCUT2D eigenvalue weighted by Gasteiger charge is 2.13. The van der Waals surface area contributed by atoms with Crippen LogP contribution in [0, 0.1) is 0 Å². The van der Waals surface area contributed by atoms with Gasteiger partial charge >= 0.3 is 5.97 Å². The molecule has 0 atom stereocenters. The number of carboxylic acid groups (broad SMARTS) is 1. The van der Waals surface area contributed by atoms with Crippen LogP contribution in [0.3, 0.4) is 0 Å². The van der Waals surface area contributed by atoms with E-state index in [1.807, 2.05) is 0 Å². The first-order valence-electron chi connectivity index (χ1n) is 3.87. The third-order valence-corrected chi connectivity index (χ3v) is 1.75. The van der Waals surface area contributed by atoms with Gasteiger partial charge in [-0.2, -0.15) is 0 Å². The number of hydrogen-bond donors (Lipinski definition) is 1. The summed E-state index contributed by atoms with van der Waals surface area (Å²) < 4.78 is 4.86. The van der Waals surface area contributed by atoms with E-state index in [4.69, 9.17) is 9.63 Å². The average Bonchev–Trinajstić information content (AvgIpc) is 2.70. The summed E-state index contributed by atoms with van der Waals surface area (Å²) in [6.07, 6.45) is 4.31. The molecule has 5 heteroatoms. The molecule has 5 nitrogen and oxygen atoms in total. The second kappa shape index (κ2) is 3.29. The van der Waals surface area contributed by atoms with Crippen LogP contribution in [0.5, 0.6) is 0 Å². The van der Waals surface area contributed by atoms with Gasteiger partial charge in [-0.05, 0) is 6.07 Å². The number of aromatic nitrogens is 2. The lowest BCUT2D eigenvalue weighted by atomic mass is 10.1. The summed E-state index contributed by atoms with van der Waals surface area (Å²) in [5.41, 5.74) is 0.578. The first kappa shape index (κ1) is 8.43. The average molecular weight is 190 g/mol. The van der Waals surface area contributed by atoms with E-state index < -0.39 is 5.97 Å². The fourth-order valence-corrected chi connectivity index (χ4v) is 1.13. The minimum atomic E-state index is -1.01. The van der Waals surface area contributed by atoms with E-state index >= 15 is 0 Å². The van der Waals surface area contributed by atoms with Gasteiger partial charge in [0, 0.05) is 18.5 Å². The molecule has 2 aromatic heterocycles. The van der Waals surface area contributed by atoms with Gasteiger partial charge in [0.2, 0.25) is 0 Å². The molecular formula is C9H6N2O3. The molecule has 0 spiro atoms. The lowest BCUT2D eigenvalue weighted by Gasteiger charge is -1.99. The lowest BCUT2D eigenvalue weighted by molar-refractivity contribution is 0.0697. The highest BCUT2D eigenvalue weighted by molar-refractivity contribution is 5.94. The second-order valence-corrected chi connectivity index (χ2v) is 2.60. The predicted molar refractivity (Wildman–Crippen MR) is 46.7 cm³/mol. The van der Waals surface area contributed by atoms with Crippen LogP contribution in [0.4, 0.5) is 0 Å². The van der Waals surface area contributed by atoms with E-state index in [0.717, 1.165) is 0 Å². The number of pyridine rings is 1. The zero-order valence-electron chi connectivity index (χ0n) is 7.04. The summed E-state index contributed by atoms with van der Waals surface area (Å²) in [5, 5.41) is 12.4. The Kier molecular flexibility index (Phi) is 1.98. The van der Waals surface area contributed by atoms with Crippen molar-refractivity contribution in [1.29, 1.82) is 0 Å². The van der Waals surface area contributed by atoms with Crippen molar-refractivity contribution in [2.45, 2.75) is 0 Å². The molecule has 0 aromatic carbocycles. The smallest absolute Gasteiger partial charge is 0.336 e. The molecule has 0 unspecified atom stereocenters. The van der Waals surface area contributed by atoms with Crippen molar-refractivity contribution < 1.29 is 14.4 Å². The number of carbonyl (C=O) groups is 1. The Balaban J connectivity index is 2.58. The van der Waals surface area contributed by atoms with Crippen LogP contribution < -0.4 is 0 Å². The quantitative estimate of drug-likeness (QED) is 0.775. The van der Waals surface area contributed by atoms with Crippen molar-refractivity contribution in [2.75, 3.05) is 0 Å². The minimum absolute atomic E-state index is 0.150. The molecule has 2 aromatic rings. The SMILES string of the molecule is O=C(O)c1ccncc1-c1ccno1. The summed E-state index contributed by atoms with van der Waals surface area (Å²) in [5.74, 6) is -0.616. The molecule has 0 aliphatic rings. The molecule has 0 radical (unpaired) electrons. The molecule has 0 fully saturated rings. The van der Waals surface area contributed by atoms with Crippen molar-refractivity contribution in [2.24, 2.45) is 0 Å². The largest absolute Gasteiger partial charge is 0.478 e. The molecule has 0 aliphatic carbocycles. The van der Waals surface area contributed by atoms with Gasteiger partial charge in [0.1, 0.15) is 0 Å². The zero-order valence-corrected chi connectivity index (χ0v) is 7.04. The van der Waals surface area contributed by atoms with Crippen LogP contribution in [-0.2, 0) is 0 Å². The molecule has 2 rings (SSSR count). The van der Waals surface area contributed by atoms with E-state index in [2.05, 4.69) is 10.1 Å². The van der Waals surface area contributed by atoms with Gasteiger partial charge in [-0.3, -0.25) is 4.98 Å². The maximum Gasteiger partial charge on any atom is 0.336 e. The van der Waals surface area contributed by atoms with Crippen LogP contribution in [0.25, 0.3) is 11.3 Å². The number of aromatic carboxylic acids is 1. The van der Waals surface area contributed by atoms with Crippen LogP contribution in [0.2, 0.25) is 0 Å². The minimum Gasteiger partial charge on any atom is -0.478 e. The van der Waals surface area contributed by atoms with Crippen LogP contribution in [0.15, 0.2) is 35.2 Å². The van der Waals surface area contributed by atoms with Crippen molar-refractivity contribution in [3.05, 3.63) is 36.3 Å². The highest BCUT2D eigenvalue weighted by Crippen LogP contribution is 2.21. The first-order valence-corrected chi connectivity index (χ1v) is 3.87. The Labute approximate surface area is 79.0 Å². The Hall–Kier alpha value is -2.17. The molecule has 1 N–H and O–H groups in total. The van der Waals surface area contributed by atoms with Crippen molar-refractivity contribution in [3.8, 4) is 11.3 Å². The Bertz CT molecular complexity index is 451. The zero-order chi connectivity index (χ0) is 9.97. The molecule has 14 heavy (non-hydrogen) atoms. The highest BCUT2D eigenvalue weighted by atomic mass is 16.5. The molecule has 70 valence electrons. The van der Waals surface area contributed by atoms with E-state index in [1.54, 1.807) is 6.07 Å². The number of rotatable bonds is 2. The third kappa shape index (κ3) is 1.35. The van der Waals surface area contributed by atoms with Crippen molar-refractivity contribution in [3.63, 3.8) is 0 Å². The monoisotopic (exact) mass is 190 g/mol. The van der Waals surface area contributed by atoms with Gasteiger partial charge in [0.25, 0.3) is 0 Å².